The van der Waals surface area contributed by atoms with Crippen LogP contribution in [0.25, 0.3) is 0 Å². The molecular formula is C12H12N4S. The van der Waals surface area contributed by atoms with Gasteiger partial charge in [0.15, 0.2) is 0 Å². The number of nitrogen functional groups attached to an aromatic ring is 1. The summed E-state index contributed by atoms with van der Waals surface area (Å²) in [7, 11) is 0. The van der Waals surface area contributed by atoms with Crippen molar-refractivity contribution in [2.24, 2.45) is 0 Å². The molecule has 17 heavy (non-hydrogen) atoms. The second-order valence-electron chi connectivity index (χ2n) is 3.64. The van der Waals surface area contributed by atoms with E-state index in [4.69, 9.17) is 11.0 Å². The molecule has 86 valence electrons. The first-order chi connectivity index (χ1) is 8.19. The van der Waals surface area contributed by atoms with Gasteiger partial charge >= 0.3 is 0 Å². The van der Waals surface area contributed by atoms with Gasteiger partial charge in [0.2, 0.25) is 0 Å². The molecule has 0 saturated heterocycles. The van der Waals surface area contributed by atoms with Crippen molar-refractivity contribution in [1.29, 1.82) is 5.26 Å². The fourth-order valence-electron chi connectivity index (χ4n) is 1.46. The number of nitrogens with two attached hydrogens (primary N) is 1. The first-order valence-corrected chi connectivity index (χ1v) is 5.95. The van der Waals surface area contributed by atoms with Crippen LogP contribution >= 0.6 is 11.3 Å². The molecule has 2 aromatic rings. The fraction of sp³-hybridized carbons (Fsp3) is 0.167. The standard InChI is InChI=1S/C12H12N4S/c1-8-2-3-11(17-8)7-16-12-9(5-13)4-10(14)6-15-12/h2-4,6H,7,14H2,1H3,(H,15,16). The maximum absolute atomic E-state index is 8.96. The lowest BCUT2D eigenvalue weighted by Gasteiger charge is -2.06. The van der Waals surface area contributed by atoms with E-state index in [1.54, 1.807) is 23.6 Å². The van der Waals surface area contributed by atoms with Crippen molar-refractivity contribution in [2.75, 3.05) is 11.1 Å². The molecule has 0 unspecified atom stereocenters. The molecule has 0 radical (unpaired) electrons. The maximum atomic E-state index is 8.96. The Balaban J connectivity index is 2.12. The Hall–Kier alpha value is -2.06. The fourth-order valence-corrected chi connectivity index (χ4v) is 2.29. The Labute approximate surface area is 104 Å². The molecule has 2 rings (SSSR count). The number of nitrogens with zero attached hydrogens (tertiary/aromatic N) is 2. The topological polar surface area (TPSA) is 74.7 Å². The Kier molecular flexibility index (Phi) is 3.26. The van der Waals surface area contributed by atoms with E-state index in [1.807, 2.05) is 0 Å². The molecule has 0 bridgehead atoms. The van der Waals surface area contributed by atoms with Gasteiger partial charge < -0.3 is 11.1 Å². The zero-order valence-corrected chi connectivity index (χ0v) is 10.2. The van der Waals surface area contributed by atoms with Crippen LogP contribution in [0.4, 0.5) is 11.5 Å². The van der Waals surface area contributed by atoms with Crippen LogP contribution < -0.4 is 11.1 Å². The molecule has 0 aromatic carbocycles. The number of nitriles is 1. The minimum atomic E-state index is 0.471. The molecule has 0 saturated carbocycles. The minimum Gasteiger partial charge on any atom is -0.397 e. The highest BCUT2D eigenvalue weighted by molar-refractivity contribution is 7.11. The zero-order chi connectivity index (χ0) is 12.3. The summed E-state index contributed by atoms with van der Waals surface area (Å²) in [5.74, 6) is 0.577. The SMILES string of the molecule is Cc1ccc(CNc2ncc(N)cc2C#N)s1. The van der Waals surface area contributed by atoms with Crippen molar-refractivity contribution < 1.29 is 0 Å². The van der Waals surface area contributed by atoms with Crippen LogP contribution in [-0.4, -0.2) is 4.98 Å². The van der Waals surface area contributed by atoms with Crippen LogP contribution in [0.15, 0.2) is 24.4 Å². The quantitative estimate of drug-likeness (QED) is 0.870. The average molecular weight is 244 g/mol. The molecule has 0 spiro atoms. The lowest BCUT2D eigenvalue weighted by Crippen LogP contribution is -2.03. The largest absolute Gasteiger partial charge is 0.397 e. The van der Waals surface area contributed by atoms with Crippen molar-refractivity contribution in [1.82, 2.24) is 4.98 Å². The van der Waals surface area contributed by atoms with E-state index in [0.29, 0.717) is 23.6 Å². The molecule has 0 amide bonds. The van der Waals surface area contributed by atoms with E-state index < -0.39 is 0 Å². The molecule has 0 atom stereocenters. The van der Waals surface area contributed by atoms with E-state index in [2.05, 4.69) is 35.4 Å². The van der Waals surface area contributed by atoms with Gasteiger partial charge in [0, 0.05) is 9.75 Å². The van der Waals surface area contributed by atoms with Gasteiger partial charge in [-0.3, -0.25) is 0 Å². The van der Waals surface area contributed by atoms with E-state index in [1.165, 1.54) is 9.75 Å². The summed E-state index contributed by atoms with van der Waals surface area (Å²) < 4.78 is 0. The van der Waals surface area contributed by atoms with Crippen LogP contribution in [0.2, 0.25) is 0 Å². The molecule has 0 fully saturated rings. The number of anilines is 2. The second-order valence-corrected chi connectivity index (χ2v) is 5.01. The van der Waals surface area contributed by atoms with Crippen LogP contribution in [0.1, 0.15) is 15.3 Å². The summed E-state index contributed by atoms with van der Waals surface area (Å²) >= 11 is 1.73. The monoisotopic (exact) mass is 244 g/mol. The van der Waals surface area contributed by atoms with E-state index in [9.17, 15) is 0 Å². The van der Waals surface area contributed by atoms with E-state index in [0.717, 1.165) is 0 Å². The first-order valence-electron chi connectivity index (χ1n) is 5.14. The third-order valence-electron chi connectivity index (χ3n) is 2.26. The number of aryl methyl sites for hydroxylation is 1. The van der Waals surface area contributed by atoms with Crippen LogP contribution in [0, 0.1) is 18.3 Å². The summed E-state index contributed by atoms with van der Waals surface area (Å²) in [6.45, 7) is 2.74. The van der Waals surface area contributed by atoms with Crippen LogP contribution in [-0.2, 0) is 6.54 Å². The minimum absolute atomic E-state index is 0.471. The molecule has 2 aromatic heterocycles. The lowest BCUT2D eigenvalue weighted by molar-refractivity contribution is 1.13. The van der Waals surface area contributed by atoms with Crippen molar-refractivity contribution in [3.8, 4) is 6.07 Å². The van der Waals surface area contributed by atoms with Crippen LogP contribution in [0.5, 0.6) is 0 Å². The van der Waals surface area contributed by atoms with E-state index >= 15 is 0 Å². The zero-order valence-electron chi connectivity index (χ0n) is 9.40. The highest BCUT2D eigenvalue weighted by Gasteiger charge is 2.04. The third-order valence-corrected chi connectivity index (χ3v) is 3.26. The molecule has 4 nitrogen and oxygen atoms in total. The summed E-state index contributed by atoms with van der Waals surface area (Å²) in [6, 6.07) is 7.83. The van der Waals surface area contributed by atoms with Crippen LogP contribution in [0.3, 0.4) is 0 Å². The number of aromatic nitrogens is 1. The number of hydrogen-bond donors (Lipinski definition) is 2. The smallest absolute Gasteiger partial charge is 0.144 e. The molecule has 3 N–H and O–H groups in total. The first kappa shape index (κ1) is 11.4. The third kappa shape index (κ3) is 2.74. The summed E-state index contributed by atoms with van der Waals surface area (Å²) in [5, 5.41) is 12.1. The molecule has 0 aliphatic heterocycles. The number of thiophene rings is 1. The molecule has 5 heteroatoms. The molecule has 0 aliphatic carbocycles. The Bertz CT molecular complexity index is 568. The number of nitrogens with one attached hydrogen (secondary N) is 1. The Morgan fingerprint density at radius 2 is 2.35 bits per heavy atom. The van der Waals surface area contributed by atoms with E-state index in [-0.39, 0.29) is 0 Å². The highest BCUT2D eigenvalue weighted by atomic mass is 32.1. The summed E-state index contributed by atoms with van der Waals surface area (Å²) in [6.07, 6.45) is 1.54. The van der Waals surface area contributed by atoms with Gasteiger partial charge in [-0.15, -0.1) is 11.3 Å². The normalized spacial score (nSPS) is 9.88. The number of hydrogen-bond acceptors (Lipinski definition) is 5. The van der Waals surface area contributed by atoms with Gasteiger partial charge in [-0.1, -0.05) is 0 Å². The van der Waals surface area contributed by atoms with Crippen molar-refractivity contribution in [3.63, 3.8) is 0 Å². The van der Waals surface area contributed by atoms with Crippen molar-refractivity contribution in [3.05, 3.63) is 39.7 Å². The van der Waals surface area contributed by atoms with Gasteiger partial charge in [0.05, 0.1) is 24.0 Å². The second kappa shape index (κ2) is 4.85. The predicted octanol–water partition coefficient (Wildman–Crippen LogP) is 2.52. The van der Waals surface area contributed by atoms with Gasteiger partial charge in [-0.05, 0) is 25.1 Å². The number of rotatable bonds is 3. The highest BCUT2D eigenvalue weighted by Crippen LogP contribution is 2.18. The maximum Gasteiger partial charge on any atom is 0.144 e. The predicted molar refractivity (Wildman–Crippen MR) is 69.7 cm³/mol. The Morgan fingerprint density at radius 1 is 1.53 bits per heavy atom. The Morgan fingerprint density at radius 3 is 3.00 bits per heavy atom. The lowest BCUT2D eigenvalue weighted by atomic mass is 10.2. The molecule has 2 heterocycles. The van der Waals surface area contributed by atoms with Crippen molar-refractivity contribution >= 4 is 22.8 Å². The van der Waals surface area contributed by atoms with Crippen molar-refractivity contribution in [2.45, 2.75) is 13.5 Å². The van der Waals surface area contributed by atoms with Gasteiger partial charge in [0.25, 0.3) is 0 Å². The van der Waals surface area contributed by atoms with Gasteiger partial charge in [-0.25, -0.2) is 4.98 Å². The molecular weight excluding hydrogens is 232 g/mol. The summed E-state index contributed by atoms with van der Waals surface area (Å²) in [4.78, 5) is 6.60. The van der Waals surface area contributed by atoms with Gasteiger partial charge in [-0.2, -0.15) is 5.26 Å². The van der Waals surface area contributed by atoms with Gasteiger partial charge in [0.1, 0.15) is 11.9 Å². The number of pyridine rings is 1. The molecule has 0 aliphatic rings. The summed E-state index contributed by atoms with van der Waals surface area (Å²) in [5.41, 5.74) is 6.54. The average Bonchev–Trinajstić information content (AvgIpc) is 2.73.